The number of carbonyl (C=O) groups excluding carboxylic acids is 2. The number of ether oxygens (including phenoxy) is 2. The second-order valence-electron chi connectivity index (χ2n) is 7.71. The van der Waals surface area contributed by atoms with E-state index in [4.69, 9.17) is 9.47 Å². The van der Waals surface area contributed by atoms with Crippen LogP contribution in [0.5, 0.6) is 11.5 Å². The Morgan fingerprint density at radius 1 is 0.941 bits per heavy atom. The van der Waals surface area contributed by atoms with Crippen LogP contribution in [0.25, 0.3) is 0 Å². The Morgan fingerprint density at radius 3 is 2.38 bits per heavy atom. The summed E-state index contributed by atoms with van der Waals surface area (Å²) in [7, 11) is 1.65. The average Bonchev–Trinajstić information content (AvgIpc) is 2.85. The minimum absolute atomic E-state index is 0.0889. The summed E-state index contributed by atoms with van der Waals surface area (Å²) in [4.78, 5) is 24.0. The third-order valence-corrected chi connectivity index (χ3v) is 5.11. The number of carbonyl (C=O) groups is 2. The number of aryl methyl sites for hydroxylation is 2. The molecule has 3 aromatic rings. The number of hydrazone groups is 1. The van der Waals surface area contributed by atoms with Crippen LogP contribution in [-0.2, 0) is 16.0 Å². The first-order valence-electron chi connectivity index (χ1n) is 11.1. The van der Waals surface area contributed by atoms with E-state index in [9.17, 15) is 9.59 Å². The van der Waals surface area contributed by atoms with Gasteiger partial charge in [0, 0.05) is 12.1 Å². The largest absolute Gasteiger partial charge is 0.497 e. The van der Waals surface area contributed by atoms with E-state index < -0.39 is 0 Å². The van der Waals surface area contributed by atoms with E-state index in [-0.39, 0.29) is 18.4 Å². The quantitative estimate of drug-likeness (QED) is 0.327. The van der Waals surface area contributed by atoms with E-state index in [1.54, 1.807) is 37.6 Å². The summed E-state index contributed by atoms with van der Waals surface area (Å²) in [6, 6.07) is 22.3. The third-order valence-electron chi connectivity index (χ3n) is 5.11. The van der Waals surface area contributed by atoms with E-state index in [2.05, 4.69) is 15.8 Å². The second kappa shape index (κ2) is 12.8. The number of para-hydroxylation sites is 1. The fourth-order valence-corrected chi connectivity index (χ4v) is 3.27. The molecule has 0 saturated carbocycles. The number of hydrogen-bond donors (Lipinski definition) is 2. The maximum absolute atomic E-state index is 12.0. The van der Waals surface area contributed by atoms with Crippen molar-refractivity contribution in [1.29, 1.82) is 0 Å². The molecule has 0 aliphatic carbocycles. The number of nitrogens with one attached hydrogen (secondary N) is 2. The van der Waals surface area contributed by atoms with Crippen LogP contribution >= 0.6 is 0 Å². The van der Waals surface area contributed by atoms with Crippen molar-refractivity contribution < 1.29 is 19.1 Å². The zero-order valence-electron chi connectivity index (χ0n) is 19.4. The van der Waals surface area contributed by atoms with Crippen molar-refractivity contribution in [2.75, 3.05) is 19.0 Å². The SMILES string of the molecule is COc1ccc(CCCC(=O)N/N=C\c2ccc(OCC(=O)Nc3ccccc3)cc2)c(C)c1. The highest BCUT2D eigenvalue weighted by atomic mass is 16.5. The molecule has 0 fully saturated rings. The zero-order chi connectivity index (χ0) is 24.2. The van der Waals surface area contributed by atoms with Gasteiger partial charge in [0.15, 0.2) is 6.61 Å². The molecule has 7 heteroatoms. The van der Waals surface area contributed by atoms with Gasteiger partial charge in [0.25, 0.3) is 5.91 Å². The number of amides is 2. The average molecular weight is 460 g/mol. The summed E-state index contributed by atoms with van der Waals surface area (Å²) < 4.78 is 10.7. The Bertz CT molecular complexity index is 1110. The molecule has 0 bridgehead atoms. The number of nitrogens with zero attached hydrogens (tertiary/aromatic N) is 1. The molecule has 0 atom stereocenters. The molecule has 0 radical (unpaired) electrons. The van der Waals surface area contributed by atoms with Crippen LogP contribution in [0.15, 0.2) is 77.9 Å². The molecule has 2 N–H and O–H groups in total. The topological polar surface area (TPSA) is 89.0 Å². The van der Waals surface area contributed by atoms with Gasteiger partial charge in [-0.15, -0.1) is 0 Å². The summed E-state index contributed by atoms with van der Waals surface area (Å²) >= 11 is 0. The minimum atomic E-state index is -0.235. The maximum Gasteiger partial charge on any atom is 0.262 e. The third kappa shape index (κ3) is 8.09. The van der Waals surface area contributed by atoms with Gasteiger partial charge in [-0.05, 0) is 85.0 Å². The van der Waals surface area contributed by atoms with Gasteiger partial charge in [-0.3, -0.25) is 9.59 Å². The first kappa shape index (κ1) is 24.5. The Balaban J connectivity index is 1.36. The molecular weight excluding hydrogens is 430 g/mol. The van der Waals surface area contributed by atoms with Crippen LogP contribution in [0.1, 0.15) is 29.5 Å². The minimum Gasteiger partial charge on any atom is -0.497 e. The number of rotatable bonds is 11. The fourth-order valence-electron chi connectivity index (χ4n) is 3.27. The lowest BCUT2D eigenvalue weighted by atomic mass is 10.0. The Kier molecular flexibility index (Phi) is 9.22. The highest BCUT2D eigenvalue weighted by Gasteiger charge is 2.05. The van der Waals surface area contributed by atoms with Crippen molar-refractivity contribution in [2.45, 2.75) is 26.2 Å². The molecule has 0 aromatic heterocycles. The van der Waals surface area contributed by atoms with Gasteiger partial charge in [0.2, 0.25) is 5.91 Å². The van der Waals surface area contributed by atoms with Crippen molar-refractivity contribution in [3.8, 4) is 11.5 Å². The van der Waals surface area contributed by atoms with Crippen LogP contribution < -0.4 is 20.2 Å². The van der Waals surface area contributed by atoms with Crippen LogP contribution in [0.4, 0.5) is 5.69 Å². The molecule has 0 aliphatic heterocycles. The molecule has 3 aromatic carbocycles. The standard InChI is InChI=1S/C27H29N3O4/c1-20-17-25(33-2)16-13-22(20)7-6-10-26(31)30-28-18-21-11-14-24(15-12-21)34-19-27(32)29-23-8-4-3-5-9-23/h3-5,8-9,11-18H,6-7,10,19H2,1-2H3,(H,29,32)(H,30,31)/b28-18-. The molecule has 0 saturated heterocycles. The predicted octanol–water partition coefficient (Wildman–Crippen LogP) is 4.49. The molecule has 7 nitrogen and oxygen atoms in total. The van der Waals surface area contributed by atoms with Crippen molar-refractivity contribution in [3.05, 3.63) is 89.5 Å². The van der Waals surface area contributed by atoms with Gasteiger partial charge in [0.1, 0.15) is 11.5 Å². The predicted molar refractivity (Wildman–Crippen MR) is 133 cm³/mol. The monoisotopic (exact) mass is 459 g/mol. The van der Waals surface area contributed by atoms with Gasteiger partial charge in [-0.1, -0.05) is 24.3 Å². The normalized spacial score (nSPS) is 10.6. The number of methoxy groups -OCH3 is 1. The molecular formula is C27H29N3O4. The van der Waals surface area contributed by atoms with E-state index in [1.807, 2.05) is 55.5 Å². The molecule has 34 heavy (non-hydrogen) atoms. The van der Waals surface area contributed by atoms with Crippen molar-refractivity contribution in [1.82, 2.24) is 5.43 Å². The smallest absolute Gasteiger partial charge is 0.262 e. The molecule has 2 amide bonds. The van der Waals surface area contributed by atoms with Gasteiger partial charge < -0.3 is 14.8 Å². The first-order valence-corrected chi connectivity index (χ1v) is 11.1. The highest BCUT2D eigenvalue weighted by molar-refractivity contribution is 5.91. The first-order chi connectivity index (χ1) is 16.5. The second-order valence-corrected chi connectivity index (χ2v) is 7.71. The molecule has 0 heterocycles. The summed E-state index contributed by atoms with van der Waals surface area (Å²) in [5.41, 5.74) is 6.44. The van der Waals surface area contributed by atoms with E-state index in [1.165, 1.54) is 5.56 Å². The number of hydrogen-bond acceptors (Lipinski definition) is 5. The zero-order valence-corrected chi connectivity index (χ0v) is 19.4. The van der Waals surface area contributed by atoms with Gasteiger partial charge in [-0.2, -0.15) is 5.10 Å². The van der Waals surface area contributed by atoms with E-state index in [0.717, 1.165) is 35.4 Å². The lowest BCUT2D eigenvalue weighted by Crippen LogP contribution is -2.20. The lowest BCUT2D eigenvalue weighted by molar-refractivity contribution is -0.121. The van der Waals surface area contributed by atoms with Crippen molar-refractivity contribution in [3.63, 3.8) is 0 Å². The van der Waals surface area contributed by atoms with Crippen molar-refractivity contribution in [2.24, 2.45) is 5.10 Å². The van der Waals surface area contributed by atoms with Gasteiger partial charge in [0.05, 0.1) is 13.3 Å². The summed E-state index contributed by atoms with van der Waals surface area (Å²) in [6.45, 7) is 1.95. The van der Waals surface area contributed by atoms with Crippen LogP contribution in [-0.4, -0.2) is 31.7 Å². The van der Waals surface area contributed by atoms with Crippen LogP contribution in [0.3, 0.4) is 0 Å². The summed E-state index contributed by atoms with van der Waals surface area (Å²) in [5, 5.41) is 6.77. The number of anilines is 1. The fraction of sp³-hybridized carbons (Fsp3) is 0.222. The maximum atomic E-state index is 12.0. The summed E-state index contributed by atoms with van der Waals surface area (Å²) in [6.07, 6.45) is 3.51. The van der Waals surface area contributed by atoms with Gasteiger partial charge in [-0.25, -0.2) is 5.43 Å². The van der Waals surface area contributed by atoms with Crippen LogP contribution in [0, 0.1) is 6.92 Å². The lowest BCUT2D eigenvalue weighted by Gasteiger charge is -2.08. The highest BCUT2D eigenvalue weighted by Crippen LogP contribution is 2.18. The van der Waals surface area contributed by atoms with Crippen molar-refractivity contribution >= 4 is 23.7 Å². The Morgan fingerprint density at radius 2 is 1.68 bits per heavy atom. The molecule has 0 spiro atoms. The Hall–Kier alpha value is -4.13. The van der Waals surface area contributed by atoms with Gasteiger partial charge >= 0.3 is 0 Å². The molecule has 0 unspecified atom stereocenters. The van der Waals surface area contributed by atoms with E-state index >= 15 is 0 Å². The van der Waals surface area contributed by atoms with E-state index in [0.29, 0.717) is 12.2 Å². The molecule has 0 aliphatic rings. The molecule has 3 rings (SSSR count). The van der Waals surface area contributed by atoms with Crippen LogP contribution in [0.2, 0.25) is 0 Å². The molecule has 176 valence electrons. The summed E-state index contributed by atoms with van der Waals surface area (Å²) in [5.74, 6) is 1.04. The Labute approximate surface area is 199 Å². The number of benzene rings is 3.